The van der Waals surface area contributed by atoms with Crippen LogP contribution in [0.15, 0.2) is 29.3 Å². The first-order valence-electron chi connectivity index (χ1n) is 7.58. The minimum absolute atomic E-state index is 0.126. The van der Waals surface area contributed by atoms with Crippen LogP contribution in [0.2, 0.25) is 0 Å². The number of carbonyl (C=O) groups excluding carboxylic acids is 1. The van der Waals surface area contributed by atoms with Gasteiger partial charge in [0.15, 0.2) is 10.8 Å². The highest BCUT2D eigenvalue weighted by atomic mass is 16.7. The highest BCUT2D eigenvalue weighted by Crippen LogP contribution is 2.87. The topological polar surface area (TPSA) is 125 Å². The van der Waals surface area contributed by atoms with Crippen molar-refractivity contribution in [2.45, 2.75) is 11.3 Å². The van der Waals surface area contributed by atoms with E-state index < -0.39 is 28.1 Å². The standard InChI is InChI=1S/C17H15N5O3/c1-22-11-7-5-4-6-10(11)16(13(22)23)14(8-18)12(20)21-17(24-2,25-3)15(14,16)9-19/h4-7H,1-3H3,(H2,20,21)/t14-,15-,16+/m0/s1. The number of anilines is 1. The van der Waals surface area contributed by atoms with Gasteiger partial charge in [-0.1, -0.05) is 18.2 Å². The Balaban J connectivity index is 2.17. The van der Waals surface area contributed by atoms with Crippen LogP contribution in [0.4, 0.5) is 5.69 Å². The third kappa shape index (κ3) is 1.06. The summed E-state index contributed by atoms with van der Waals surface area (Å²) in [7, 11) is 4.23. The Morgan fingerprint density at radius 1 is 1.20 bits per heavy atom. The van der Waals surface area contributed by atoms with Crippen molar-refractivity contribution < 1.29 is 14.3 Å². The number of ether oxygens (including phenoxy) is 2. The third-order valence-electron chi connectivity index (χ3n) is 5.93. The molecule has 1 aliphatic carbocycles. The number of fused-ring (bicyclic) bond motifs is 5. The largest absolute Gasteiger partial charge is 0.386 e. The van der Waals surface area contributed by atoms with Gasteiger partial charge in [0, 0.05) is 27.0 Å². The lowest BCUT2D eigenvalue weighted by molar-refractivity contribution is -0.233. The number of carbonyl (C=O) groups is 1. The molecule has 0 aromatic heterocycles. The number of amides is 1. The van der Waals surface area contributed by atoms with Gasteiger partial charge in [-0.05, 0) is 11.6 Å². The fraction of sp³-hybridized carbons (Fsp3) is 0.412. The first kappa shape index (κ1) is 15.6. The van der Waals surface area contributed by atoms with Crippen molar-refractivity contribution in [2.75, 3.05) is 26.2 Å². The van der Waals surface area contributed by atoms with E-state index in [1.807, 2.05) is 0 Å². The number of amidine groups is 1. The Morgan fingerprint density at radius 2 is 1.84 bits per heavy atom. The number of nitrogens with zero attached hydrogens (tertiary/aromatic N) is 4. The van der Waals surface area contributed by atoms with Crippen LogP contribution in [0.25, 0.3) is 0 Å². The van der Waals surface area contributed by atoms with E-state index in [1.54, 1.807) is 31.3 Å². The van der Waals surface area contributed by atoms with Crippen LogP contribution in [0.3, 0.4) is 0 Å². The fourth-order valence-corrected chi connectivity index (χ4v) is 4.98. The molecular formula is C17H15N5O3. The maximum atomic E-state index is 13.4. The smallest absolute Gasteiger partial charge is 0.293 e. The normalized spacial score (nSPS) is 36.4. The van der Waals surface area contributed by atoms with Crippen molar-refractivity contribution >= 4 is 17.4 Å². The van der Waals surface area contributed by atoms with Gasteiger partial charge >= 0.3 is 0 Å². The molecule has 1 fully saturated rings. The summed E-state index contributed by atoms with van der Waals surface area (Å²) >= 11 is 0. The second-order valence-corrected chi connectivity index (χ2v) is 6.34. The van der Waals surface area contributed by atoms with E-state index in [9.17, 15) is 15.3 Å². The lowest BCUT2D eigenvalue weighted by atomic mass is 9.84. The zero-order valence-corrected chi connectivity index (χ0v) is 13.9. The fourth-order valence-electron chi connectivity index (χ4n) is 4.98. The number of hydrogen-bond acceptors (Lipinski definition) is 7. The minimum Gasteiger partial charge on any atom is -0.386 e. The highest BCUT2D eigenvalue weighted by molar-refractivity contribution is 6.21. The van der Waals surface area contributed by atoms with Gasteiger partial charge in [-0.25, -0.2) is 4.99 Å². The lowest BCUT2D eigenvalue weighted by Crippen LogP contribution is -2.48. The predicted molar refractivity (Wildman–Crippen MR) is 86.0 cm³/mol. The molecule has 0 saturated heterocycles. The molecular weight excluding hydrogens is 322 g/mol. The maximum absolute atomic E-state index is 13.4. The van der Waals surface area contributed by atoms with Crippen LogP contribution < -0.4 is 10.6 Å². The molecule has 2 heterocycles. The summed E-state index contributed by atoms with van der Waals surface area (Å²) in [4.78, 5) is 19.0. The van der Waals surface area contributed by atoms with Gasteiger partial charge in [-0.2, -0.15) is 10.5 Å². The first-order chi connectivity index (χ1) is 11.9. The summed E-state index contributed by atoms with van der Waals surface area (Å²) in [6.45, 7) is 0. The van der Waals surface area contributed by atoms with Gasteiger partial charge in [0.1, 0.15) is 11.3 Å². The number of nitriles is 2. The van der Waals surface area contributed by atoms with Crippen LogP contribution in [0.5, 0.6) is 0 Å². The molecule has 4 rings (SSSR count). The summed E-state index contributed by atoms with van der Waals surface area (Å²) in [6.07, 6.45) is 0. The molecule has 1 spiro atoms. The summed E-state index contributed by atoms with van der Waals surface area (Å²) in [5.74, 6) is -2.36. The predicted octanol–water partition coefficient (Wildman–Crippen LogP) is 0.252. The molecule has 2 N–H and O–H groups in total. The van der Waals surface area contributed by atoms with Gasteiger partial charge in [0.05, 0.1) is 12.1 Å². The Morgan fingerprint density at radius 3 is 2.40 bits per heavy atom. The number of benzene rings is 1. The number of likely N-dealkylation sites (N-methyl/N-ethyl adjacent to an activating group) is 1. The molecule has 0 radical (unpaired) electrons. The van der Waals surface area contributed by atoms with E-state index in [1.165, 1.54) is 19.1 Å². The Kier molecular flexibility index (Phi) is 2.60. The van der Waals surface area contributed by atoms with Gasteiger partial charge < -0.3 is 20.1 Å². The molecule has 0 unspecified atom stereocenters. The number of methoxy groups -OCH3 is 2. The van der Waals surface area contributed by atoms with E-state index in [2.05, 4.69) is 17.1 Å². The molecule has 8 heteroatoms. The van der Waals surface area contributed by atoms with E-state index in [4.69, 9.17) is 15.2 Å². The average Bonchev–Trinajstić information content (AvgIpc) is 3.05. The second kappa shape index (κ2) is 4.17. The Bertz CT molecular complexity index is 940. The molecule has 1 amide bonds. The van der Waals surface area contributed by atoms with Crippen LogP contribution in [-0.4, -0.2) is 38.9 Å². The third-order valence-corrected chi connectivity index (χ3v) is 5.93. The first-order valence-corrected chi connectivity index (χ1v) is 7.58. The van der Waals surface area contributed by atoms with Crippen LogP contribution in [0, 0.1) is 33.5 Å². The van der Waals surface area contributed by atoms with Gasteiger partial charge in [-0.15, -0.1) is 0 Å². The zero-order chi connectivity index (χ0) is 18.3. The van der Waals surface area contributed by atoms with Crippen molar-refractivity contribution in [2.24, 2.45) is 21.6 Å². The molecule has 1 aromatic rings. The maximum Gasteiger partial charge on any atom is 0.293 e. The number of para-hydroxylation sites is 1. The molecule has 0 bridgehead atoms. The summed E-state index contributed by atoms with van der Waals surface area (Å²) in [5, 5.41) is 20.2. The highest BCUT2D eigenvalue weighted by Gasteiger charge is 3.05. The minimum atomic E-state index is -1.84. The Labute approximate surface area is 144 Å². The van der Waals surface area contributed by atoms with E-state index >= 15 is 0 Å². The Hall–Kier alpha value is -2.94. The summed E-state index contributed by atoms with van der Waals surface area (Å²) in [5.41, 5.74) is 2.41. The molecule has 3 atom stereocenters. The number of rotatable bonds is 2. The van der Waals surface area contributed by atoms with E-state index in [0.717, 1.165) is 0 Å². The van der Waals surface area contributed by atoms with Crippen molar-refractivity contribution in [1.29, 1.82) is 10.5 Å². The molecule has 3 aliphatic rings. The number of nitrogens with two attached hydrogens (primary N) is 1. The molecule has 1 saturated carbocycles. The van der Waals surface area contributed by atoms with Crippen LogP contribution in [0.1, 0.15) is 5.56 Å². The SMILES string of the molecule is COC1(OC)N=C(N)[C@]2(C#N)[C@@]3(C(=O)N(C)c4ccccc43)[C@@]12C#N. The van der Waals surface area contributed by atoms with Crippen LogP contribution >= 0.6 is 0 Å². The van der Waals surface area contributed by atoms with Crippen molar-refractivity contribution in [3.05, 3.63) is 29.8 Å². The van der Waals surface area contributed by atoms with E-state index in [-0.39, 0.29) is 5.84 Å². The van der Waals surface area contributed by atoms with Crippen molar-refractivity contribution in [3.8, 4) is 12.1 Å². The zero-order valence-electron chi connectivity index (χ0n) is 13.9. The van der Waals surface area contributed by atoms with Crippen LogP contribution in [-0.2, 0) is 19.7 Å². The monoisotopic (exact) mass is 337 g/mol. The van der Waals surface area contributed by atoms with Gasteiger partial charge in [0.2, 0.25) is 5.91 Å². The van der Waals surface area contributed by atoms with Crippen molar-refractivity contribution in [3.63, 3.8) is 0 Å². The van der Waals surface area contributed by atoms with Gasteiger partial charge in [-0.3, -0.25) is 4.79 Å². The lowest BCUT2D eigenvalue weighted by Gasteiger charge is -2.31. The summed E-state index contributed by atoms with van der Waals surface area (Å²) in [6, 6.07) is 11.3. The van der Waals surface area contributed by atoms with E-state index in [0.29, 0.717) is 11.3 Å². The quantitative estimate of drug-likeness (QED) is 0.771. The average molecular weight is 337 g/mol. The molecule has 2 aliphatic heterocycles. The molecule has 1 aromatic carbocycles. The number of aliphatic imine (C=N–C) groups is 1. The molecule has 25 heavy (non-hydrogen) atoms. The van der Waals surface area contributed by atoms with Crippen molar-refractivity contribution in [1.82, 2.24) is 0 Å². The molecule has 8 nitrogen and oxygen atoms in total. The second-order valence-electron chi connectivity index (χ2n) is 6.34. The number of hydrogen-bond donors (Lipinski definition) is 1. The van der Waals surface area contributed by atoms with Gasteiger partial charge in [0.25, 0.3) is 5.91 Å². The molecule has 126 valence electrons. The summed E-state index contributed by atoms with van der Waals surface area (Å²) < 4.78 is 10.9.